The highest BCUT2D eigenvalue weighted by molar-refractivity contribution is 6.30. The molecule has 3 aromatic rings. The van der Waals surface area contributed by atoms with Gasteiger partial charge in [0, 0.05) is 23.5 Å². The van der Waals surface area contributed by atoms with Crippen molar-refractivity contribution in [2.24, 2.45) is 5.92 Å². The van der Waals surface area contributed by atoms with Crippen LogP contribution in [0.2, 0.25) is 5.02 Å². The predicted octanol–water partition coefficient (Wildman–Crippen LogP) is 4.31. The molecule has 2 heterocycles. The first-order valence-electron chi connectivity index (χ1n) is 9.20. The first-order chi connectivity index (χ1) is 13.6. The number of halogens is 2. The van der Waals surface area contributed by atoms with Crippen LogP contribution in [0.15, 0.2) is 47.3 Å². The molecule has 1 aromatic heterocycles. The lowest BCUT2D eigenvalue weighted by atomic mass is 10.1. The van der Waals surface area contributed by atoms with Gasteiger partial charge in [0.2, 0.25) is 0 Å². The molecule has 142 valence electrons. The largest absolute Gasteiger partial charge is 0.353 e. The van der Waals surface area contributed by atoms with Crippen molar-refractivity contribution < 1.29 is 4.39 Å². The maximum absolute atomic E-state index is 14.5. The minimum atomic E-state index is -0.617. The van der Waals surface area contributed by atoms with Crippen molar-refractivity contribution >= 4 is 28.2 Å². The SMILES string of the molecule is N#CC1CCCCN(c2nn(-c3ccc(Cl)cc3F)c(=O)c3ccccc23)C1. The van der Waals surface area contributed by atoms with Gasteiger partial charge in [-0.3, -0.25) is 4.79 Å². The molecule has 0 aliphatic carbocycles. The highest BCUT2D eigenvalue weighted by Crippen LogP contribution is 2.27. The molecule has 1 aliphatic rings. The summed E-state index contributed by atoms with van der Waals surface area (Å²) < 4.78 is 15.6. The molecule has 1 fully saturated rings. The van der Waals surface area contributed by atoms with Gasteiger partial charge in [0.25, 0.3) is 5.56 Å². The van der Waals surface area contributed by atoms with Crippen LogP contribution < -0.4 is 10.5 Å². The second-order valence-electron chi connectivity index (χ2n) is 6.95. The first-order valence-corrected chi connectivity index (χ1v) is 9.58. The second-order valence-corrected chi connectivity index (χ2v) is 7.39. The van der Waals surface area contributed by atoms with Gasteiger partial charge in [-0.05, 0) is 37.1 Å². The number of nitriles is 1. The predicted molar refractivity (Wildman–Crippen MR) is 107 cm³/mol. The molecule has 1 aliphatic heterocycles. The van der Waals surface area contributed by atoms with E-state index in [0.717, 1.165) is 36.6 Å². The average Bonchev–Trinajstić information content (AvgIpc) is 2.95. The van der Waals surface area contributed by atoms with Crippen molar-refractivity contribution in [3.8, 4) is 11.8 Å². The van der Waals surface area contributed by atoms with E-state index in [9.17, 15) is 14.4 Å². The van der Waals surface area contributed by atoms with Crippen LogP contribution in [-0.2, 0) is 0 Å². The Morgan fingerprint density at radius 3 is 2.71 bits per heavy atom. The van der Waals surface area contributed by atoms with Crippen molar-refractivity contribution in [2.75, 3.05) is 18.0 Å². The summed E-state index contributed by atoms with van der Waals surface area (Å²) in [6.07, 6.45) is 2.75. The van der Waals surface area contributed by atoms with Crippen molar-refractivity contribution in [3.63, 3.8) is 0 Å². The van der Waals surface area contributed by atoms with E-state index in [4.69, 9.17) is 11.6 Å². The van der Waals surface area contributed by atoms with Crippen molar-refractivity contribution in [3.05, 3.63) is 63.7 Å². The molecule has 7 heteroatoms. The summed E-state index contributed by atoms with van der Waals surface area (Å²) in [7, 11) is 0. The third-order valence-corrected chi connectivity index (χ3v) is 5.31. The number of rotatable bonds is 2. The zero-order valence-corrected chi connectivity index (χ0v) is 15.9. The summed E-state index contributed by atoms with van der Waals surface area (Å²) in [6, 6.07) is 13.7. The molecular weight excluding hydrogens is 379 g/mol. The van der Waals surface area contributed by atoms with E-state index < -0.39 is 11.4 Å². The fourth-order valence-corrected chi connectivity index (χ4v) is 3.82. The zero-order valence-electron chi connectivity index (χ0n) is 15.1. The van der Waals surface area contributed by atoms with Crippen LogP contribution in [0, 0.1) is 23.1 Å². The molecule has 0 bridgehead atoms. The van der Waals surface area contributed by atoms with Gasteiger partial charge in [0.15, 0.2) is 5.82 Å². The minimum Gasteiger partial charge on any atom is -0.353 e. The fraction of sp³-hybridized carbons (Fsp3) is 0.286. The van der Waals surface area contributed by atoms with Gasteiger partial charge in [-0.25, -0.2) is 4.39 Å². The van der Waals surface area contributed by atoms with Gasteiger partial charge < -0.3 is 4.90 Å². The van der Waals surface area contributed by atoms with Crippen molar-refractivity contribution in [2.45, 2.75) is 19.3 Å². The molecule has 0 spiro atoms. The monoisotopic (exact) mass is 396 g/mol. The lowest BCUT2D eigenvalue weighted by molar-refractivity contribution is 0.600. The molecule has 4 rings (SSSR count). The van der Waals surface area contributed by atoms with E-state index in [0.29, 0.717) is 23.1 Å². The summed E-state index contributed by atoms with van der Waals surface area (Å²) in [5.74, 6) is -0.128. The number of benzene rings is 2. The van der Waals surface area contributed by atoms with Gasteiger partial charge >= 0.3 is 0 Å². The minimum absolute atomic E-state index is 0.0491. The highest BCUT2D eigenvalue weighted by atomic mass is 35.5. The van der Waals surface area contributed by atoms with E-state index >= 15 is 0 Å². The Balaban J connectivity index is 1.95. The lowest BCUT2D eigenvalue weighted by Gasteiger charge is -2.25. The third kappa shape index (κ3) is 3.34. The molecule has 0 amide bonds. The molecule has 1 saturated heterocycles. The summed E-state index contributed by atoms with van der Waals surface area (Å²) in [6.45, 7) is 1.27. The highest BCUT2D eigenvalue weighted by Gasteiger charge is 2.23. The van der Waals surface area contributed by atoms with Crippen LogP contribution in [-0.4, -0.2) is 22.9 Å². The number of hydrogen-bond acceptors (Lipinski definition) is 4. The van der Waals surface area contributed by atoms with Crippen molar-refractivity contribution in [1.82, 2.24) is 9.78 Å². The van der Waals surface area contributed by atoms with Gasteiger partial charge in [0.05, 0.1) is 17.4 Å². The Labute approximate surface area is 166 Å². The smallest absolute Gasteiger partial charge is 0.279 e. The molecule has 1 atom stereocenters. The van der Waals surface area contributed by atoms with Crippen LogP contribution in [0.1, 0.15) is 19.3 Å². The Morgan fingerprint density at radius 2 is 1.96 bits per heavy atom. The Bertz CT molecular complexity index is 1140. The number of aromatic nitrogens is 2. The van der Waals surface area contributed by atoms with E-state index in [1.54, 1.807) is 12.1 Å². The van der Waals surface area contributed by atoms with Gasteiger partial charge in [0.1, 0.15) is 11.5 Å². The zero-order chi connectivity index (χ0) is 19.7. The van der Waals surface area contributed by atoms with E-state index in [1.165, 1.54) is 12.1 Å². The molecule has 0 radical (unpaired) electrons. The number of anilines is 1. The molecule has 2 aromatic carbocycles. The van der Waals surface area contributed by atoms with Crippen LogP contribution in [0.5, 0.6) is 0 Å². The lowest BCUT2D eigenvalue weighted by Crippen LogP contribution is -2.32. The molecule has 0 saturated carbocycles. The Kier molecular flexibility index (Phi) is 5.01. The first kappa shape index (κ1) is 18.5. The van der Waals surface area contributed by atoms with Gasteiger partial charge in [-0.15, -0.1) is 5.10 Å². The maximum atomic E-state index is 14.5. The normalized spacial score (nSPS) is 17.3. The fourth-order valence-electron chi connectivity index (χ4n) is 3.66. The summed E-state index contributed by atoms with van der Waals surface area (Å²) in [5.41, 5.74) is -0.347. The van der Waals surface area contributed by atoms with Crippen LogP contribution in [0.4, 0.5) is 10.2 Å². The standard InChI is InChI=1S/C21H18ClFN4O/c22-15-8-9-19(18(23)11-15)27-21(28)17-7-2-1-6-16(17)20(25-27)26-10-4-3-5-14(12-24)13-26/h1-2,6-9,11,14H,3-5,10,13H2. The quantitative estimate of drug-likeness (QED) is 0.647. The second kappa shape index (κ2) is 7.61. The Morgan fingerprint density at radius 1 is 1.18 bits per heavy atom. The molecule has 5 nitrogen and oxygen atoms in total. The molecular formula is C21H18ClFN4O. The van der Waals surface area contributed by atoms with E-state index in [2.05, 4.69) is 11.2 Å². The number of hydrogen-bond donors (Lipinski definition) is 0. The third-order valence-electron chi connectivity index (χ3n) is 5.08. The summed E-state index contributed by atoms with van der Waals surface area (Å²) in [4.78, 5) is 15.1. The summed E-state index contributed by atoms with van der Waals surface area (Å²) >= 11 is 5.86. The topological polar surface area (TPSA) is 61.9 Å². The average molecular weight is 397 g/mol. The van der Waals surface area contributed by atoms with Crippen molar-refractivity contribution in [1.29, 1.82) is 5.26 Å². The van der Waals surface area contributed by atoms with Crippen LogP contribution >= 0.6 is 11.6 Å². The van der Waals surface area contributed by atoms with Gasteiger partial charge in [-0.1, -0.05) is 36.2 Å². The van der Waals surface area contributed by atoms with E-state index in [1.807, 2.05) is 17.0 Å². The molecule has 1 unspecified atom stereocenters. The van der Waals surface area contributed by atoms with Crippen LogP contribution in [0.25, 0.3) is 16.5 Å². The number of fused-ring (bicyclic) bond motifs is 1. The molecule has 28 heavy (non-hydrogen) atoms. The van der Waals surface area contributed by atoms with E-state index in [-0.39, 0.29) is 16.6 Å². The van der Waals surface area contributed by atoms with Gasteiger partial charge in [-0.2, -0.15) is 9.94 Å². The summed E-state index contributed by atoms with van der Waals surface area (Å²) in [5, 5.41) is 15.4. The van der Waals surface area contributed by atoms with Crippen LogP contribution in [0.3, 0.4) is 0 Å². The number of nitrogens with zero attached hydrogens (tertiary/aromatic N) is 4. The Hall–Kier alpha value is -2.91. The maximum Gasteiger partial charge on any atom is 0.279 e. The molecule has 0 N–H and O–H groups in total.